The van der Waals surface area contributed by atoms with Crippen LogP contribution in [0.1, 0.15) is 20.7 Å². The number of aromatic nitrogens is 1. The molecule has 0 aliphatic rings. The van der Waals surface area contributed by atoms with E-state index in [2.05, 4.69) is 0 Å². The van der Waals surface area contributed by atoms with Gasteiger partial charge in [0, 0.05) is 29.7 Å². The summed E-state index contributed by atoms with van der Waals surface area (Å²) in [5.41, 5.74) is 1.32. The first-order valence-corrected chi connectivity index (χ1v) is 4.41. The minimum Gasteiger partial charge on any atom is -0.478 e. The van der Waals surface area contributed by atoms with Crippen LogP contribution in [0.2, 0.25) is 0 Å². The third kappa shape index (κ3) is 1.30. The van der Waals surface area contributed by atoms with Gasteiger partial charge in [0.15, 0.2) is 6.29 Å². The number of aromatic carboxylic acids is 1. The zero-order valence-electron chi connectivity index (χ0n) is 8.10. The van der Waals surface area contributed by atoms with Gasteiger partial charge in [-0.05, 0) is 12.1 Å². The molecule has 1 aromatic heterocycles. The fraction of sp³-hybridized carbons (Fsp3) is 0.0909. The van der Waals surface area contributed by atoms with Crippen LogP contribution in [0.15, 0.2) is 24.4 Å². The van der Waals surface area contributed by atoms with E-state index >= 15 is 0 Å². The number of hydrogen-bond acceptors (Lipinski definition) is 2. The molecule has 0 atom stereocenters. The van der Waals surface area contributed by atoms with Crippen molar-refractivity contribution in [1.29, 1.82) is 0 Å². The van der Waals surface area contributed by atoms with E-state index in [0.717, 1.165) is 5.52 Å². The van der Waals surface area contributed by atoms with E-state index in [9.17, 15) is 9.59 Å². The number of nitrogens with zero attached hydrogens (tertiary/aromatic N) is 1. The Kier molecular flexibility index (Phi) is 2.04. The summed E-state index contributed by atoms with van der Waals surface area (Å²) >= 11 is 0. The molecule has 0 saturated carbocycles. The Morgan fingerprint density at radius 2 is 2.20 bits per heavy atom. The van der Waals surface area contributed by atoms with Crippen LogP contribution >= 0.6 is 0 Å². The number of aryl methyl sites for hydroxylation is 1. The minimum absolute atomic E-state index is 0.162. The fourth-order valence-corrected chi connectivity index (χ4v) is 1.75. The molecule has 1 aromatic carbocycles. The first kappa shape index (κ1) is 9.45. The normalized spacial score (nSPS) is 10.5. The number of carboxylic acids is 1. The van der Waals surface area contributed by atoms with Crippen molar-refractivity contribution in [1.82, 2.24) is 4.57 Å². The molecule has 4 nitrogen and oxygen atoms in total. The average Bonchev–Trinajstić information content (AvgIpc) is 2.55. The van der Waals surface area contributed by atoms with Crippen molar-refractivity contribution in [3.8, 4) is 0 Å². The first-order chi connectivity index (χ1) is 7.15. The molecule has 2 rings (SSSR count). The van der Waals surface area contributed by atoms with Crippen LogP contribution in [-0.2, 0) is 7.05 Å². The number of carbonyl (C=O) groups excluding carboxylic acids is 1. The van der Waals surface area contributed by atoms with Gasteiger partial charge in [0.2, 0.25) is 0 Å². The van der Waals surface area contributed by atoms with Gasteiger partial charge >= 0.3 is 5.97 Å². The quantitative estimate of drug-likeness (QED) is 0.755. The maximum Gasteiger partial charge on any atom is 0.336 e. The topological polar surface area (TPSA) is 59.3 Å². The molecule has 4 heteroatoms. The third-order valence-corrected chi connectivity index (χ3v) is 2.40. The van der Waals surface area contributed by atoms with E-state index in [4.69, 9.17) is 5.11 Å². The molecule has 0 spiro atoms. The highest BCUT2D eigenvalue weighted by Gasteiger charge is 2.14. The van der Waals surface area contributed by atoms with Crippen LogP contribution in [0.25, 0.3) is 10.9 Å². The van der Waals surface area contributed by atoms with E-state index in [0.29, 0.717) is 17.2 Å². The summed E-state index contributed by atoms with van der Waals surface area (Å²) in [5.74, 6) is -1.02. The molecule has 1 heterocycles. The second kappa shape index (κ2) is 3.24. The van der Waals surface area contributed by atoms with Crippen LogP contribution in [0.4, 0.5) is 0 Å². The number of carboxylic acid groups (broad SMARTS) is 1. The van der Waals surface area contributed by atoms with Gasteiger partial charge in [-0.15, -0.1) is 0 Å². The van der Waals surface area contributed by atoms with Gasteiger partial charge < -0.3 is 9.67 Å². The van der Waals surface area contributed by atoms with E-state index in [-0.39, 0.29) is 5.56 Å². The Bertz CT molecular complexity index is 554. The van der Waals surface area contributed by atoms with Crippen molar-refractivity contribution in [2.45, 2.75) is 0 Å². The maximum atomic E-state index is 11.0. The zero-order chi connectivity index (χ0) is 11.0. The highest BCUT2D eigenvalue weighted by molar-refractivity contribution is 6.09. The Morgan fingerprint density at radius 1 is 1.47 bits per heavy atom. The molecular formula is C11H9NO3. The van der Waals surface area contributed by atoms with E-state index in [1.807, 2.05) is 0 Å². The van der Waals surface area contributed by atoms with Crippen molar-refractivity contribution in [3.63, 3.8) is 0 Å². The Hall–Kier alpha value is -2.10. The molecule has 0 aliphatic carbocycles. The summed E-state index contributed by atoms with van der Waals surface area (Å²) < 4.78 is 1.74. The molecule has 1 N–H and O–H groups in total. The van der Waals surface area contributed by atoms with Crippen molar-refractivity contribution in [2.75, 3.05) is 0 Å². The lowest BCUT2D eigenvalue weighted by molar-refractivity contribution is 0.0699. The van der Waals surface area contributed by atoms with Gasteiger partial charge in [-0.25, -0.2) is 4.79 Å². The summed E-state index contributed by atoms with van der Waals surface area (Å²) in [4.78, 5) is 21.8. The van der Waals surface area contributed by atoms with E-state index in [1.165, 1.54) is 6.07 Å². The second-order valence-electron chi connectivity index (χ2n) is 3.32. The maximum absolute atomic E-state index is 11.0. The van der Waals surface area contributed by atoms with Crippen LogP contribution < -0.4 is 0 Å². The second-order valence-corrected chi connectivity index (χ2v) is 3.32. The standard InChI is InChI=1S/C11H9NO3/c1-12-5-7(6-13)10-8(11(14)15)3-2-4-9(10)12/h2-6H,1H3,(H,14,15). The van der Waals surface area contributed by atoms with Crippen molar-refractivity contribution in [2.24, 2.45) is 7.05 Å². The van der Waals surface area contributed by atoms with Crippen LogP contribution in [0, 0.1) is 0 Å². The monoisotopic (exact) mass is 203 g/mol. The summed E-state index contributed by atoms with van der Waals surface area (Å²) in [5, 5.41) is 9.49. The molecular weight excluding hydrogens is 194 g/mol. The molecule has 15 heavy (non-hydrogen) atoms. The number of fused-ring (bicyclic) bond motifs is 1. The lowest BCUT2D eigenvalue weighted by Gasteiger charge is -1.99. The fourth-order valence-electron chi connectivity index (χ4n) is 1.75. The summed E-state index contributed by atoms with van der Waals surface area (Å²) in [6.07, 6.45) is 2.30. The highest BCUT2D eigenvalue weighted by atomic mass is 16.4. The van der Waals surface area contributed by atoms with Gasteiger partial charge in [0.05, 0.1) is 5.56 Å². The molecule has 76 valence electrons. The molecule has 0 fully saturated rings. The third-order valence-electron chi connectivity index (χ3n) is 2.40. The number of hydrogen-bond donors (Lipinski definition) is 1. The van der Waals surface area contributed by atoms with Gasteiger partial charge in [-0.2, -0.15) is 0 Å². The number of benzene rings is 1. The zero-order valence-corrected chi connectivity index (χ0v) is 8.10. The molecule has 0 saturated heterocycles. The number of aldehydes is 1. The number of carbonyl (C=O) groups is 2. The van der Waals surface area contributed by atoms with Gasteiger partial charge in [-0.1, -0.05) is 6.07 Å². The molecule has 0 radical (unpaired) electrons. The lowest BCUT2D eigenvalue weighted by Crippen LogP contribution is -1.97. The Labute approximate surface area is 85.7 Å². The largest absolute Gasteiger partial charge is 0.478 e. The first-order valence-electron chi connectivity index (χ1n) is 4.41. The molecule has 0 unspecified atom stereocenters. The van der Waals surface area contributed by atoms with Crippen molar-refractivity contribution in [3.05, 3.63) is 35.5 Å². The molecule has 0 aliphatic heterocycles. The number of rotatable bonds is 2. The van der Waals surface area contributed by atoms with Crippen LogP contribution in [0.5, 0.6) is 0 Å². The predicted molar refractivity (Wildman–Crippen MR) is 55.3 cm³/mol. The molecule has 0 bridgehead atoms. The summed E-state index contributed by atoms with van der Waals surface area (Å²) in [6, 6.07) is 4.95. The summed E-state index contributed by atoms with van der Waals surface area (Å²) in [7, 11) is 1.78. The van der Waals surface area contributed by atoms with Crippen molar-refractivity contribution < 1.29 is 14.7 Å². The van der Waals surface area contributed by atoms with Gasteiger partial charge in [0.25, 0.3) is 0 Å². The SMILES string of the molecule is Cn1cc(C=O)c2c(C(=O)O)cccc21. The molecule has 2 aromatic rings. The predicted octanol–water partition coefficient (Wildman–Crippen LogP) is 1.69. The lowest BCUT2D eigenvalue weighted by atomic mass is 10.1. The average molecular weight is 203 g/mol. The van der Waals surface area contributed by atoms with Gasteiger partial charge in [0.1, 0.15) is 0 Å². The van der Waals surface area contributed by atoms with Crippen LogP contribution in [-0.4, -0.2) is 21.9 Å². The van der Waals surface area contributed by atoms with E-state index in [1.54, 1.807) is 29.9 Å². The van der Waals surface area contributed by atoms with E-state index < -0.39 is 5.97 Å². The molecule has 0 amide bonds. The highest BCUT2D eigenvalue weighted by Crippen LogP contribution is 2.23. The Morgan fingerprint density at radius 3 is 2.80 bits per heavy atom. The smallest absolute Gasteiger partial charge is 0.336 e. The minimum atomic E-state index is -1.02. The van der Waals surface area contributed by atoms with Crippen molar-refractivity contribution >= 4 is 23.2 Å². The Balaban J connectivity index is 2.94. The summed E-state index contributed by atoms with van der Waals surface area (Å²) in [6.45, 7) is 0. The van der Waals surface area contributed by atoms with Gasteiger partial charge in [-0.3, -0.25) is 4.79 Å². The van der Waals surface area contributed by atoms with Crippen LogP contribution in [0.3, 0.4) is 0 Å².